The molecule has 2 unspecified atom stereocenters. The summed E-state index contributed by atoms with van der Waals surface area (Å²) in [5.74, 6) is 0.424. The van der Waals surface area contributed by atoms with E-state index < -0.39 is 0 Å². The van der Waals surface area contributed by atoms with Gasteiger partial charge in [0.05, 0.1) is 12.4 Å². The minimum absolute atomic E-state index is 0.113. The molecule has 1 aliphatic rings. The molecule has 0 aliphatic heterocycles. The van der Waals surface area contributed by atoms with E-state index in [2.05, 4.69) is 15.9 Å². The maximum Gasteiger partial charge on any atom is 0.169 e. The molecule has 1 aliphatic carbocycles. The van der Waals surface area contributed by atoms with Gasteiger partial charge in [-0.05, 0) is 52.7 Å². The maximum atomic E-state index is 9.79. The van der Waals surface area contributed by atoms with Crippen LogP contribution >= 0.6 is 15.9 Å². The zero-order chi connectivity index (χ0) is 9.97. The van der Waals surface area contributed by atoms with Gasteiger partial charge < -0.3 is 9.52 Å². The first-order valence-electron chi connectivity index (χ1n) is 5.16. The molecule has 14 heavy (non-hydrogen) atoms. The van der Waals surface area contributed by atoms with Crippen molar-refractivity contribution in [2.45, 2.75) is 38.2 Å². The lowest BCUT2D eigenvalue weighted by molar-refractivity contribution is 0.0699. The van der Waals surface area contributed by atoms with E-state index in [-0.39, 0.29) is 6.10 Å². The van der Waals surface area contributed by atoms with E-state index in [4.69, 9.17) is 4.42 Å². The molecular formula is C11H15BrO2. The van der Waals surface area contributed by atoms with Gasteiger partial charge in [-0.1, -0.05) is 12.8 Å². The van der Waals surface area contributed by atoms with Crippen LogP contribution in [0.3, 0.4) is 0 Å². The van der Waals surface area contributed by atoms with Gasteiger partial charge in [-0.25, -0.2) is 0 Å². The van der Waals surface area contributed by atoms with Crippen molar-refractivity contribution in [1.82, 2.24) is 0 Å². The van der Waals surface area contributed by atoms with E-state index in [0.717, 1.165) is 23.9 Å². The van der Waals surface area contributed by atoms with Gasteiger partial charge in [0.1, 0.15) is 0 Å². The Morgan fingerprint density at radius 1 is 1.43 bits per heavy atom. The fraction of sp³-hybridized carbons (Fsp3) is 0.636. The Morgan fingerprint density at radius 2 is 2.21 bits per heavy atom. The number of aliphatic hydroxyl groups excluding tert-OH is 1. The van der Waals surface area contributed by atoms with E-state index in [1.165, 1.54) is 18.4 Å². The van der Waals surface area contributed by atoms with Crippen molar-refractivity contribution in [2.24, 2.45) is 5.92 Å². The zero-order valence-electron chi connectivity index (χ0n) is 8.08. The lowest BCUT2D eigenvalue weighted by Gasteiger charge is -2.26. The average molecular weight is 259 g/mol. The Bertz CT molecular complexity index is 295. The van der Waals surface area contributed by atoms with Gasteiger partial charge in [-0.15, -0.1) is 0 Å². The third-order valence-corrected chi connectivity index (χ3v) is 3.40. The van der Waals surface area contributed by atoms with Crippen LogP contribution in [0.1, 0.15) is 31.2 Å². The van der Waals surface area contributed by atoms with Crippen molar-refractivity contribution in [3.05, 3.63) is 22.6 Å². The molecule has 0 amide bonds. The maximum absolute atomic E-state index is 9.79. The SMILES string of the molecule is OC1CCCCC1Cc1coc(Br)c1. The topological polar surface area (TPSA) is 33.4 Å². The minimum atomic E-state index is -0.113. The molecule has 2 nitrogen and oxygen atoms in total. The molecular weight excluding hydrogens is 244 g/mol. The highest BCUT2D eigenvalue weighted by molar-refractivity contribution is 9.10. The van der Waals surface area contributed by atoms with E-state index in [9.17, 15) is 5.11 Å². The predicted molar refractivity (Wildman–Crippen MR) is 58.1 cm³/mol. The molecule has 78 valence electrons. The van der Waals surface area contributed by atoms with Gasteiger partial charge in [0.2, 0.25) is 0 Å². The Kier molecular flexibility index (Phi) is 3.29. The van der Waals surface area contributed by atoms with Crippen molar-refractivity contribution in [3.63, 3.8) is 0 Å². The molecule has 1 aromatic heterocycles. The molecule has 0 radical (unpaired) electrons. The Labute approximate surface area is 92.4 Å². The average Bonchev–Trinajstić information content (AvgIpc) is 2.56. The van der Waals surface area contributed by atoms with Crippen LogP contribution in [0, 0.1) is 5.92 Å². The van der Waals surface area contributed by atoms with E-state index in [1.807, 2.05) is 6.07 Å². The second-order valence-electron chi connectivity index (χ2n) is 4.08. The summed E-state index contributed by atoms with van der Waals surface area (Å²) in [6, 6.07) is 1.99. The summed E-state index contributed by atoms with van der Waals surface area (Å²) < 4.78 is 5.95. The first-order chi connectivity index (χ1) is 6.75. The predicted octanol–water partition coefficient (Wildman–Crippen LogP) is 3.14. The molecule has 0 bridgehead atoms. The second-order valence-corrected chi connectivity index (χ2v) is 4.86. The van der Waals surface area contributed by atoms with Crippen molar-refractivity contribution in [1.29, 1.82) is 0 Å². The number of hydrogen-bond donors (Lipinski definition) is 1. The third kappa shape index (κ3) is 2.39. The van der Waals surface area contributed by atoms with Crippen molar-refractivity contribution < 1.29 is 9.52 Å². The van der Waals surface area contributed by atoms with Gasteiger partial charge >= 0.3 is 0 Å². The Morgan fingerprint density at radius 3 is 2.86 bits per heavy atom. The Balaban J connectivity index is 1.95. The molecule has 1 heterocycles. The van der Waals surface area contributed by atoms with E-state index >= 15 is 0 Å². The highest BCUT2D eigenvalue weighted by Crippen LogP contribution is 2.28. The quantitative estimate of drug-likeness (QED) is 0.885. The van der Waals surface area contributed by atoms with E-state index in [1.54, 1.807) is 6.26 Å². The second kappa shape index (κ2) is 4.49. The van der Waals surface area contributed by atoms with Gasteiger partial charge in [0.25, 0.3) is 0 Å². The summed E-state index contributed by atoms with van der Waals surface area (Å²) in [4.78, 5) is 0. The number of furan rings is 1. The molecule has 2 atom stereocenters. The Hall–Kier alpha value is -0.280. The molecule has 3 heteroatoms. The molecule has 1 saturated carbocycles. The molecule has 0 aromatic carbocycles. The number of hydrogen-bond acceptors (Lipinski definition) is 2. The number of rotatable bonds is 2. The van der Waals surface area contributed by atoms with Crippen LogP contribution < -0.4 is 0 Å². The highest BCUT2D eigenvalue weighted by Gasteiger charge is 2.23. The lowest BCUT2D eigenvalue weighted by atomic mass is 9.83. The molecule has 0 saturated heterocycles. The smallest absolute Gasteiger partial charge is 0.169 e. The summed E-state index contributed by atoms with van der Waals surface area (Å²) in [7, 11) is 0. The summed E-state index contributed by atoms with van der Waals surface area (Å²) >= 11 is 3.28. The fourth-order valence-electron chi connectivity index (χ4n) is 2.18. The standard InChI is InChI=1S/C11H15BrO2/c12-11-6-8(7-14-11)5-9-3-1-2-4-10(9)13/h6-7,9-10,13H,1-5H2. The van der Waals surface area contributed by atoms with Crippen molar-refractivity contribution in [3.8, 4) is 0 Å². The lowest BCUT2D eigenvalue weighted by Crippen LogP contribution is -2.25. The van der Waals surface area contributed by atoms with Crippen LogP contribution in [0.15, 0.2) is 21.4 Å². The third-order valence-electron chi connectivity index (χ3n) is 2.99. The summed E-state index contributed by atoms with van der Waals surface area (Å²) in [6.45, 7) is 0. The first kappa shape index (κ1) is 10.2. The molecule has 0 spiro atoms. The van der Waals surface area contributed by atoms with Crippen LogP contribution in [0.5, 0.6) is 0 Å². The van der Waals surface area contributed by atoms with Gasteiger partial charge in [0, 0.05) is 0 Å². The molecule has 1 fully saturated rings. The summed E-state index contributed by atoms with van der Waals surface area (Å²) in [5.41, 5.74) is 1.18. The van der Waals surface area contributed by atoms with Crippen LogP contribution in [0.2, 0.25) is 0 Å². The van der Waals surface area contributed by atoms with Gasteiger partial charge in [-0.2, -0.15) is 0 Å². The molecule has 2 rings (SSSR count). The van der Waals surface area contributed by atoms with Crippen LogP contribution in [-0.2, 0) is 6.42 Å². The van der Waals surface area contributed by atoms with Crippen LogP contribution in [-0.4, -0.2) is 11.2 Å². The first-order valence-corrected chi connectivity index (χ1v) is 5.96. The van der Waals surface area contributed by atoms with Crippen LogP contribution in [0.25, 0.3) is 0 Å². The monoisotopic (exact) mass is 258 g/mol. The molecule has 1 aromatic rings. The number of halogens is 1. The zero-order valence-corrected chi connectivity index (χ0v) is 9.66. The largest absolute Gasteiger partial charge is 0.457 e. The highest BCUT2D eigenvalue weighted by atomic mass is 79.9. The molecule has 1 N–H and O–H groups in total. The van der Waals surface area contributed by atoms with Crippen molar-refractivity contribution >= 4 is 15.9 Å². The minimum Gasteiger partial charge on any atom is -0.457 e. The summed E-state index contributed by atoms with van der Waals surface area (Å²) in [5, 5.41) is 9.79. The fourth-order valence-corrected chi connectivity index (χ4v) is 2.57. The summed E-state index contributed by atoms with van der Waals surface area (Å²) in [6.07, 6.45) is 7.13. The van der Waals surface area contributed by atoms with Crippen molar-refractivity contribution in [2.75, 3.05) is 0 Å². The number of aliphatic hydroxyl groups is 1. The normalized spacial score (nSPS) is 27.9. The van der Waals surface area contributed by atoms with Gasteiger partial charge in [0.15, 0.2) is 4.67 Å². The van der Waals surface area contributed by atoms with Gasteiger partial charge in [-0.3, -0.25) is 0 Å². The van der Waals surface area contributed by atoms with E-state index in [0.29, 0.717) is 5.92 Å². The van der Waals surface area contributed by atoms with Crippen LogP contribution in [0.4, 0.5) is 0 Å².